The molecule has 2 aromatic heterocycles. The van der Waals surface area contributed by atoms with Crippen molar-refractivity contribution in [3.8, 4) is 0 Å². The Morgan fingerprint density at radius 2 is 2.00 bits per heavy atom. The fraction of sp³-hybridized carbons (Fsp3) is 0.0625. The molecule has 0 bridgehead atoms. The number of halogens is 2. The number of hydrogen-bond donors (Lipinski definition) is 2. The highest BCUT2D eigenvalue weighted by Crippen LogP contribution is 2.26. The topological polar surface area (TPSA) is 80.0 Å². The molecule has 2 N–H and O–H groups in total. The average molecular weight is 363 g/mol. The summed E-state index contributed by atoms with van der Waals surface area (Å²) in [7, 11) is 0. The number of nitrogens with one attached hydrogen (secondary N) is 2. The number of carbonyl (C=O) groups is 1. The summed E-state index contributed by atoms with van der Waals surface area (Å²) in [4.78, 5) is 20.2. The lowest BCUT2D eigenvalue weighted by atomic mass is 10.3. The highest BCUT2D eigenvalue weighted by atomic mass is 35.5. The average Bonchev–Trinajstić information content (AvgIpc) is 3.10. The summed E-state index contributed by atoms with van der Waals surface area (Å²) >= 11 is 11.8. The van der Waals surface area contributed by atoms with Crippen molar-refractivity contribution in [2.45, 2.75) is 6.54 Å². The van der Waals surface area contributed by atoms with Gasteiger partial charge in [-0.1, -0.05) is 23.2 Å². The largest absolute Gasteiger partial charge is 0.467 e. The van der Waals surface area contributed by atoms with Crippen molar-refractivity contribution in [2.24, 2.45) is 0 Å². The molecular formula is C16H12Cl2N4O2. The van der Waals surface area contributed by atoms with Gasteiger partial charge in [-0.05, 0) is 30.3 Å². The Bertz CT molecular complexity index is 836. The fourth-order valence-corrected chi connectivity index (χ4v) is 2.20. The first-order valence-corrected chi connectivity index (χ1v) is 7.72. The summed E-state index contributed by atoms with van der Waals surface area (Å²) in [5.74, 6) is 0.810. The lowest BCUT2D eigenvalue weighted by Crippen LogP contribution is -2.23. The van der Waals surface area contributed by atoms with Crippen LogP contribution >= 0.6 is 23.2 Å². The Morgan fingerprint density at radius 3 is 2.67 bits per heavy atom. The highest BCUT2D eigenvalue weighted by Gasteiger charge is 2.09. The van der Waals surface area contributed by atoms with Crippen molar-refractivity contribution in [1.29, 1.82) is 0 Å². The number of furan rings is 1. The molecule has 0 saturated carbocycles. The number of rotatable bonds is 5. The van der Waals surface area contributed by atoms with Gasteiger partial charge < -0.3 is 15.1 Å². The van der Waals surface area contributed by atoms with Crippen molar-refractivity contribution < 1.29 is 9.21 Å². The first-order valence-electron chi connectivity index (χ1n) is 6.96. The Balaban J connectivity index is 1.62. The van der Waals surface area contributed by atoms with E-state index < -0.39 is 0 Å². The lowest BCUT2D eigenvalue weighted by molar-refractivity contribution is 0.0942. The summed E-state index contributed by atoms with van der Waals surface area (Å²) in [6, 6.07) is 8.65. The molecule has 24 heavy (non-hydrogen) atoms. The van der Waals surface area contributed by atoms with E-state index in [-0.39, 0.29) is 18.1 Å². The molecule has 3 aromatic rings. The molecule has 0 fully saturated rings. The molecule has 0 unspecified atom stereocenters. The summed E-state index contributed by atoms with van der Waals surface area (Å²) in [5.41, 5.74) is 0.926. The van der Waals surface area contributed by atoms with Gasteiger partial charge in [-0.25, -0.2) is 9.97 Å². The van der Waals surface area contributed by atoms with Crippen molar-refractivity contribution >= 4 is 40.6 Å². The van der Waals surface area contributed by atoms with Crippen LogP contribution in [0.15, 0.2) is 53.4 Å². The Morgan fingerprint density at radius 1 is 1.12 bits per heavy atom. The zero-order chi connectivity index (χ0) is 16.9. The molecule has 1 amide bonds. The smallest absolute Gasteiger partial charge is 0.271 e. The van der Waals surface area contributed by atoms with Crippen molar-refractivity contribution in [3.63, 3.8) is 0 Å². The minimum Gasteiger partial charge on any atom is -0.467 e. The Hall–Kier alpha value is -2.57. The molecule has 122 valence electrons. The van der Waals surface area contributed by atoms with Gasteiger partial charge in [-0.3, -0.25) is 4.79 Å². The van der Waals surface area contributed by atoms with Gasteiger partial charge in [0.2, 0.25) is 0 Å². The van der Waals surface area contributed by atoms with Crippen LogP contribution in [-0.2, 0) is 6.54 Å². The van der Waals surface area contributed by atoms with E-state index >= 15 is 0 Å². The van der Waals surface area contributed by atoms with Crippen LogP contribution < -0.4 is 10.6 Å². The second-order valence-electron chi connectivity index (χ2n) is 4.80. The van der Waals surface area contributed by atoms with E-state index in [9.17, 15) is 4.79 Å². The third kappa shape index (κ3) is 4.04. The molecular weight excluding hydrogens is 351 g/mol. The summed E-state index contributed by atoms with van der Waals surface area (Å²) in [6.45, 7) is 0.288. The van der Waals surface area contributed by atoms with Gasteiger partial charge in [-0.15, -0.1) is 0 Å². The molecule has 2 heterocycles. The molecule has 0 aliphatic rings. The maximum absolute atomic E-state index is 12.0. The Kier molecular flexibility index (Phi) is 4.98. The van der Waals surface area contributed by atoms with Crippen LogP contribution in [0.2, 0.25) is 10.0 Å². The zero-order valence-corrected chi connectivity index (χ0v) is 13.8. The van der Waals surface area contributed by atoms with Crippen molar-refractivity contribution in [2.75, 3.05) is 5.32 Å². The number of nitrogens with zero attached hydrogens (tertiary/aromatic N) is 2. The predicted octanol–water partition coefficient (Wildman–Crippen LogP) is 4.05. The lowest BCUT2D eigenvalue weighted by Gasteiger charge is -2.07. The van der Waals surface area contributed by atoms with E-state index in [0.717, 1.165) is 0 Å². The molecule has 0 radical (unpaired) electrons. The standard InChI is InChI=1S/C16H12Cl2N4O2/c17-12-4-3-10(6-13(12)18)22-15-9-19-14(8-20-15)16(23)21-7-11-2-1-5-24-11/h1-6,8-9H,7H2,(H,20,22)(H,21,23). The third-order valence-electron chi connectivity index (χ3n) is 3.08. The summed E-state index contributed by atoms with van der Waals surface area (Å²) in [5, 5.41) is 6.63. The first-order chi connectivity index (χ1) is 11.6. The van der Waals surface area contributed by atoms with E-state index in [0.29, 0.717) is 27.3 Å². The van der Waals surface area contributed by atoms with Gasteiger partial charge in [0.05, 0.1) is 35.2 Å². The van der Waals surface area contributed by atoms with Crippen molar-refractivity contribution in [3.05, 3.63) is 70.5 Å². The third-order valence-corrected chi connectivity index (χ3v) is 3.82. The predicted molar refractivity (Wildman–Crippen MR) is 91.7 cm³/mol. The number of hydrogen-bond acceptors (Lipinski definition) is 5. The monoisotopic (exact) mass is 362 g/mol. The molecule has 0 saturated heterocycles. The molecule has 0 spiro atoms. The number of carbonyl (C=O) groups excluding carboxylic acids is 1. The maximum atomic E-state index is 12.0. The highest BCUT2D eigenvalue weighted by molar-refractivity contribution is 6.42. The van der Waals surface area contributed by atoms with Gasteiger partial charge in [0.1, 0.15) is 17.3 Å². The minimum absolute atomic E-state index is 0.209. The Labute approximate surface area is 147 Å². The normalized spacial score (nSPS) is 10.4. The van der Waals surface area contributed by atoms with E-state index in [4.69, 9.17) is 27.6 Å². The second-order valence-corrected chi connectivity index (χ2v) is 5.62. The number of amides is 1. The molecule has 1 aromatic carbocycles. The molecule has 0 atom stereocenters. The van der Waals surface area contributed by atoms with Crippen LogP contribution in [0.3, 0.4) is 0 Å². The summed E-state index contributed by atoms with van der Waals surface area (Å²) in [6.07, 6.45) is 4.40. The fourth-order valence-electron chi connectivity index (χ4n) is 1.90. The number of aromatic nitrogens is 2. The second kappa shape index (κ2) is 7.33. The van der Waals surface area contributed by atoms with Crippen LogP contribution in [0.1, 0.15) is 16.2 Å². The molecule has 8 heteroatoms. The molecule has 6 nitrogen and oxygen atoms in total. The van der Waals surface area contributed by atoms with Crippen LogP contribution in [0.5, 0.6) is 0 Å². The van der Waals surface area contributed by atoms with Gasteiger partial charge in [0.25, 0.3) is 5.91 Å². The van der Waals surface area contributed by atoms with E-state index in [2.05, 4.69) is 20.6 Å². The van der Waals surface area contributed by atoms with Crippen LogP contribution in [0.25, 0.3) is 0 Å². The SMILES string of the molecule is O=C(NCc1ccco1)c1cnc(Nc2ccc(Cl)c(Cl)c2)cn1. The van der Waals surface area contributed by atoms with Gasteiger partial charge in [0.15, 0.2) is 0 Å². The zero-order valence-electron chi connectivity index (χ0n) is 12.3. The minimum atomic E-state index is -0.333. The summed E-state index contributed by atoms with van der Waals surface area (Å²) < 4.78 is 5.14. The van der Waals surface area contributed by atoms with Gasteiger partial charge in [-0.2, -0.15) is 0 Å². The molecule has 0 aliphatic heterocycles. The van der Waals surface area contributed by atoms with Crippen LogP contribution in [-0.4, -0.2) is 15.9 Å². The van der Waals surface area contributed by atoms with E-state index in [1.165, 1.54) is 12.4 Å². The quantitative estimate of drug-likeness (QED) is 0.715. The van der Waals surface area contributed by atoms with Crippen LogP contribution in [0, 0.1) is 0 Å². The molecule has 0 aliphatic carbocycles. The van der Waals surface area contributed by atoms with Gasteiger partial charge in [0, 0.05) is 5.69 Å². The van der Waals surface area contributed by atoms with E-state index in [1.807, 2.05) is 0 Å². The van der Waals surface area contributed by atoms with E-state index in [1.54, 1.807) is 36.6 Å². The van der Waals surface area contributed by atoms with Gasteiger partial charge >= 0.3 is 0 Å². The number of anilines is 2. The van der Waals surface area contributed by atoms with Crippen LogP contribution in [0.4, 0.5) is 11.5 Å². The maximum Gasteiger partial charge on any atom is 0.271 e. The number of benzene rings is 1. The first kappa shape index (κ1) is 16.3. The molecule has 3 rings (SSSR count). The van der Waals surface area contributed by atoms with Crippen molar-refractivity contribution in [1.82, 2.24) is 15.3 Å².